The molecule has 3 aliphatic heterocycles. The highest BCUT2D eigenvalue weighted by Crippen LogP contribution is 2.32. The van der Waals surface area contributed by atoms with E-state index in [1.165, 1.54) is 24.0 Å². The molecule has 3 aliphatic rings. The van der Waals surface area contributed by atoms with Crippen LogP contribution in [0.15, 0.2) is 43.1 Å². The summed E-state index contributed by atoms with van der Waals surface area (Å²) in [6.07, 6.45) is 8.77. The molecule has 7 heteroatoms. The molecule has 2 saturated heterocycles. The Hall–Kier alpha value is -3.32. The number of nitrogens with zero attached hydrogens (tertiary/aromatic N) is 3. The fourth-order valence-electron chi connectivity index (χ4n) is 5.59. The van der Waals surface area contributed by atoms with Crippen LogP contribution in [0.25, 0.3) is 6.08 Å². The first kappa shape index (κ1) is 23.4. The third-order valence-electron chi connectivity index (χ3n) is 7.67. The van der Waals surface area contributed by atoms with Crippen LogP contribution in [0, 0.1) is 5.92 Å². The van der Waals surface area contributed by atoms with Gasteiger partial charge in [-0.2, -0.15) is 0 Å². The number of nitrogens with one attached hydrogen (secondary N) is 1. The minimum absolute atomic E-state index is 0.0970. The van der Waals surface area contributed by atoms with Gasteiger partial charge in [0, 0.05) is 31.3 Å². The first-order chi connectivity index (χ1) is 17.0. The zero-order valence-electron chi connectivity index (χ0n) is 20.0. The molecule has 35 heavy (non-hydrogen) atoms. The maximum atomic E-state index is 13.0. The molecule has 0 spiro atoms. The lowest BCUT2D eigenvalue weighted by Crippen LogP contribution is -2.52. The number of pyridine rings is 1. The summed E-state index contributed by atoms with van der Waals surface area (Å²) in [5.74, 6) is -0.0421. The van der Waals surface area contributed by atoms with Crippen molar-refractivity contribution in [1.82, 2.24) is 20.1 Å². The minimum Gasteiger partial charge on any atom is -0.322 e. The fourth-order valence-corrected chi connectivity index (χ4v) is 5.59. The Morgan fingerprint density at radius 2 is 1.91 bits per heavy atom. The molecule has 4 heterocycles. The summed E-state index contributed by atoms with van der Waals surface area (Å²) in [6, 6.07) is 9.52. The van der Waals surface area contributed by atoms with Gasteiger partial charge in [-0.3, -0.25) is 29.6 Å². The average molecular weight is 473 g/mol. The minimum atomic E-state index is -0.562. The molecule has 3 amide bonds. The molecular formula is C28H32N4O3. The molecule has 0 saturated carbocycles. The van der Waals surface area contributed by atoms with Gasteiger partial charge in [0.1, 0.15) is 6.04 Å². The summed E-state index contributed by atoms with van der Waals surface area (Å²) in [5, 5.41) is 2.38. The number of carbonyl (C=O) groups excluding carboxylic acids is 3. The molecule has 2 aromatic rings. The highest BCUT2D eigenvalue weighted by molar-refractivity contribution is 6.05. The summed E-state index contributed by atoms with van der Waals surface area (Å²) in [5.41, 5.74) is 5.11. The van der Waals surface area contributed by atoms with Crippen LogP contribution in [0.4, 0.5) is 0 Å². The number of benzene rings is 1. The monoisotopic (exact) mass is 472 g/mol. The predicted molar refractivity (Wildman–Crippen MR) is 133 cm³/mol. The topological polar surface area (TPSA) is 82.6 Å². The smallest absolute Gasteiger partial charge is 0.255 e. The number of likely N-dealkylation sites (tertiary alicyclic amines) is 1. The average Bonchev–Trinajstić information content (AvgIpc) is 3.21. The number of fused-ring (bicyclic) bond motifs is 1. The van der Waals surface area contributed by atoms with Gasteiger partial charge in [0.05, 0.1) is 5.69 Å². The van der Waals surface area contributed by atoms with Crippen molar-refractivity contribution >= 4 is 23.8 Å². The molecule has 1 aromatic carbocycles. The van der Waals surface area contributed by atoms with Gasteiger partial charge >= 0.3 is 0 Å². The molecule has 5 rings (SSSR count). The second-order valence-electron chi connectivity index (χ2n) is 9.90. The van der Waals surface area contributed by atoms with Crippen molar-refractivity contribution in [1.29, 1.82) is 0 Å². The van der Waals surface area contributed by atoms with Gasteiger partial charge in [-0.1, -0.05) is 24.8 Å². The zero-order valence-corrected chi connectivity index (χ0v) is 20.0. The van der Waals surface area contributed by atoms with Crippen molar-refractivity contribution in [2.75, 3.05) is 13.1 Å². The molecular weight excluding hydrogens is 440 g/mol. The summed E-state index contributed by atoms with van der Waals surface area (Å²) in [7, 11) is 0. The molecule has 7 nitrogen and oxygen atoms in total. The van der Waals surface area contributed by atoms with Crippen LogP contribution in [0.5, 0.6) is 0 Å². The normalized spacial score (nSPS) is 21.2. The van der Waals surface area contributed by atoms with E-state index < -0.39 is 6.04 Å². The van der Waals surface area contributed by atoms with E-state index in [1.54, 1.807) is 11.0 Å². The highest BCUT2D eigenvalue weighted by Gasteiger charge is 2.39. The third kappa shape index (κ3) is 5.05. The molecule has 0 radical (unpaired) electrons. The summed E-state index contributed by atoms with van der Waals surface area (Å²) in [4.78, 5) is 45.5. The van der Waals surface area contributed by atoms with Gasteiger partial charge < -0.3 is 4.90 Å². The first-order valence-corrected chi connectivity index (χ1v) is 12.6. The Bertz CT molecular complexity index is 1140. The number of imide groups is 1. The van der Waals surface area contributed by atoms with E-state index in [-0.39, 0.29) is 24.1 Å². The first-order valence-electron chi connectivity index (χ1n) is 12.6. The van der Waals surface area contributed by atoms with Crippen molar-refractivity contribution in [2.24, 2.45) is 5.92 Å². The maximum Gasteiger partial charge on any atom is 0.255 e. The lowest BCUT2D eigenvalue weighted by Gasteiger charge is -2.32. The van der Waals surface area contributed by atoms with E-state index in [1.807, 2.05) is 24.4 Å². The van der Waals surface area contributed by atoms with Crippen LogP contribution in [0.1, 0.15) is 64.8 Å². The molecule has 1 aromatic heterocycles. The molecule has 0 bridgehead atoms. The predicted octanol–water partition coefficient (Wildman–Crippen LogP) is 3.33. The van der Waals surface area contributed by atoms with E-state index >= 15 is 0 Å². The lowest BCUT2D eigenvalue weighted by atomic mass is 9.89. The maximum absolute atomic E-state index is 13.0. The number of amides is 3. The third-order valence-corrected chi connectivity index (χ3v) is 7.67. The van der Waals surface area contributed by atoms with Gasteiger partial charge in [-0.15, -0.1) is 0 Å². The lowest BCUT2D eigenvalue weighted by molar-refractivity contribution is -0.136. The number of hydrogen-bond acceptors (Lipinski definition) is 5. The molecule has 1 unspecified atom stereocenters. The van der Waals surface area contributed by atoms with Crippen molar-refractivity contribution in [3.63, 3.8) is 0 Å². The van der Waals surface area contributed by atoms with Crippen LogP contribution >= 0.6 is 0 Å². The van der Waals surface area contributed by atoms with Crippen LogP contribution < -0.4 is 5.32 Å². The number of aromatic nitrogens is 1. The summed E-state index contributed by atoms with van der Waals surface area (Å²) in [6.45, 7) is 7.31. The quantitative estimate of drug-likeness (QED) is 0.625. The Balaban J connectivity index is 1.15. The standard InChI is InChI=1S/C28H32N4O3/c1-2-22-9-7-20(16-29-22)17-31-14-12-19(13-15-31)6-8-21-4-3-5-23-24(21)18-32(28(23)35)25-10-11-26(33)30-27(25)34/h2-5,7,9,16,19,25H,1,6,8,10-15,17-18H2,(H,30,33,34). The summed E-state index contributed by atoms with van der Waals surface area (Å²) < 4.78 is 0. The Morgan fingerprint density at radius 3 is 2.63 bits per heavy atom. The Labute approximate surface area is 206 Å². The SMILES string of the molecule is C=Cc1ccc(CN2CCC(CCc3cccc4c3CN(C3CCC(=O)NC3=O)C4=O)CC2)cn1. The van der Waals surface area contributed by atoms with Gasteiger partial charge in [0.25, 0.3) is 5.91 Å². The van der Waals surface area contributed by atoms with Crippen molar-refractivity contribution in [2.45, 2.75) is 57.7 Å². The molecule has 2 fully saturated rings. The van der Waals surface area contributed by atoms with E-state index in [0.29, 0.717) is 24.4 Å². The molecule has 0 aliphatic carbocycles. The van der Waals surface area contributed by atoms with Gasteiger partial charge in [0.15, 0.2) is 0 Å². The van der Waals surface area contributed by atoms with E-state index in [4.69, 9.17) is 0 Å². The van der Waals surface area contributed by atoms with E-state index in [2.05, 4.69) is 33.9 Å². The Morgan fingerprint density at radius 1 is 1.09 bits per heavy atom. The molecule has 182 valence electrons. The van der Waals surface area contributed by atoms with Crippen LogP contribution in [-0.4, -0.2) is 51.6 Å². The number of aryl methyl sites for hydroxylation is 1. The van der Waals surface area contributed by atoms with Crippen molar-refractivity contribution < 1.29 is 14.4 Å². The molecule has 1 N–H and O–H groups in total. The number of hydrogen-bond donors (Lipinski definition) is 1. The van der Waals surface area contributed by atoms with Gasteiger partial charge in [-0.05, 0) is 86.0 Å². The molecule has 1 atom stereocenters. The van der Waals surface area contributed by atoms with E-state index in [0.717, 1.165) is 43.7 Å². The Kier molecular flexibility index (Phi) is 6.77. The number of piperidine rings is 2. The van der Waals surface area contributed by atoms with E-state index in [9.17, 15) is 14.4 Å². The van der Waals surface area contributed by atoms with Crippen molar-refractivity contribution in [3.05, 3.63) is 71.1 Å². The fraction of sp³-hybridized carbons (Fsp3) is 0.429. The van der Waals surface area contributed by atoms with Crippen molar-refractivity contribution in [3.8, 4) is 0 Å². The number of carbonyl (C=O) groups is 3. The highest BCUT2D eigenvalue weighted by atomic mass is 16.2. The van der Waals surface area contributed by atoms with Gasteiger partial charge in [0.2, 0.25) is 11.8 Å². The second-order valence-corrected chi connectivity index (χ2v) is 9.90. The van der Waals surface area contributed by atoms with Crippen LogP contribution in [0.2, 0.25) is 0 Å². The summed E-state index contributed by atoms with van der Waals surface area (Å²) >= 11 is 0. The second kappa shape index (κ2) is 10.1. The zero-order chi connectivity index (χ0) is 24.4. The van der Waals surface area contributed by atoms with Gasteiger partial charge in [-0.25, -0.2) is 0 Å². The van der Waals surface area contributed by atoms with Crippen LogP contribution in [-0.2, 0) is 29.1 Å². The largest absolute Gasteiger partial charge is 0.322 e. The number of rotatable bonds is 7. The van der Waals surface area contributed by atoms with Crippen LogP contribution in [0.3, 0.4) is 0 Å².